The lowest BCUT2D eigenvalue weighted by Crippen LogP contribution is -2.47. The van der Waals surface area contributed by atoms with Crippen LogP contribution in [0.5, 0.6) is 5.75 Å². The molecule has 1 aromatic heterocycles. The Morgan fingerprint density at radius 3 is 2.88 bits per heavy atom. The van der Waals surface area contributed by atoms with Crippen LogP contribution in [0, 0.1) is 0 Å². The molecule has 140 valence electrons. The van der Waals surface area contributed by atoms with Gasteiger partial charge in [-0.05, 0) is 45.2 Å². The monoisotopic (exact) mass is 357 g/mol. The molecule has 1 N–H and O–H groups in total. The first-order valence-corrected chi connectivity index (χ1v) is 9.08. The van der Waals surface area contributed by atoms with Gasteiger partial charge in [0.25, 0.3) is 0 Å². The lowest BCUT2D eigenvalue weighted by molar-refractivity contribution is -0.122. The highest BCUT2D eigenvalue weighted by Crippen LogP contribution is 2.32. The lowest BCUT2D eigenvalue weighted by atomic mass is 10.2. The molecular weight excluding hydrogens is 330 g/mol. The molecule has 0 fully saturated rings. The summed E-state index contributed by atoms with van der Waals surface area (Å²) in [5.74, 6) is 1.64. The molecule has 1 amide bonds. The van der Waals surface area contributed by atoms with Crippen LogP contribution >= 0.6 is 0 Å². The highest BCUT2D eigenvalue weighted by molar-refractivity contribution is 5.78. The van der Waals surface area contributed by atoms with Crippen molar-refractivity contribution in [2.75, 3.05) is 38.1 Å². The molecule has 1 aliphatic rings. The molecule has 1 aromatic carbocycles. The predicted octanol–water partition coefficient (Wildman–Crippen LogP) is 2.68. The van der Waals surface area contributed by atoms with E-state index < -0.39 is 0 Å². The van der Waals surface area contributed by atoms with Crippen LogP contribution in [0.25, 0.3) is 0 Å². The topological polar surface area (TPSA) is 58.0 Å². The van der Waals surface area contributed by atoms with Crippen molar-refractivity contribution in [1.29, 1.82) is 0 Å². The molecule has 26 heavy (non-hydrogen) atoms. The van der Waals surface area contributed by atoms with Gasteiger partial charge in [-0.3, -0.25) is 9.69 Å². The number of carbonyl (C=O) groups is 1. The molecule has 0 aliphatic carbocycles. The minimum absolute atomic E-state index is 0.0278. The van der Waals surface area contributed by atoms with Gasteiger partial charge in [-0.2, -0.15) is 0 Å². The van der Waals surface area contributed by atoms with E-state index in [-0.39, 0.29) is 18.1 Å². The van der Waals surface area contributed by atoms with Gasteiger partial charge in [-0.25, -0.2) is 0 Å². The van der Waals surface area contributed by atoms with Gasteiger partial charge in [0.15, 0.2) is 0 Å². The quantitative estimate of drug-likeness (QED) is 0.826. The highest BCUT2D eigenvalue weighted by Gasteiger charge is 2.26. The molecule has 6 heteroatoms. The van der Waals surface area contributed by atoms with Crippen LogP contribution in [0.3, 0.4) is 0 Å². The summed E-state index contributed by atoms with van der Waals surface area (Å²) in [5.41, 5.74) is 1.14. The summed E-state index contributed by atoms with van der Waals surface area (Å²) in [4.78, 5) is 16.6. The number of carbonyl (C=O) groups excluding carboxylic acids is 1. The maximum Gasteiger partial charge on any atom is 0.234 e. The number of ether oxygens (including phenoxy) is 1. The predicted molar refractivity (Wildman–Crippen MR) is 102 cm³/mol. The fraction of sp³-hybridized carbons (Fsp3) is 0.450. The fourth-order valence-corrected chi connectivity index (χ4v) is 3.33. The fourth-order valence-electron chi connectivity index (χ4n) is 3.33. The lowest BCUT2D eigenvalue weighted by Gasteiger charge is -2.37. The first kappa shape index (κ1) is 18.3. The van der Waals surface area contributed by atoms with E-state index in [1.165, 1.54) is 0 Å². The normalized spacial score (nSPS) is 17.5. The first-order chi connectivity index (χ1) is 12.6. The Morgan fingerprint density at radius 2 is 2.15 bits per heavy atom. The number of para-hydroxylation sites is 2. The van der Waals surface area contributed by atoms with E-state index in [1.807, 2.05) is 49.2 Å². The summed E-state index contributed by atoms with van der Waals surface area (Å²) in [5, 5.41) is 2.96. The second-order valence-corrected chi connectivity index (χ2v) is 6.75. The molecule has 2 heterocycles. The van der Waals surface area contributed by atoms with E-state index in [0.717, 1.165) is 30.3 Å². The molecule has 6 nitrogen and oxygen atoms in total. The van der Waals surface area contributed by atoms with Crippen molar-refractivity contribution < 1.29 is 13.9 Å². The van der Waals surface area contributed by atoms with Crippen LogP contribution in [0.1, 0.15) is 25.6 Å². The molecule has 1 aliphatic heterocycles. The number of nitrogens with one attached hydrogen (secondary N) is 1. The third-order valence-electron chi connectivity index (χ3n) is 4.58. The number of furan rings is 1. The van der Waals surface area contributed by atoms with E-state index in [2.05, 4.69) is 23.2 Å². The minimum atomic E-state index is -0.140. The standard InChI is InChI=1S/C20H27N3O3/c1-4-23-13-16(26-19-9-6-5-8-17(19)23)12-22(3)14-20(24)21-15(2)18-10-7-11-25-18/h5-11,15-16H,4,12-14H2,1-3H3,(H,21,24)/t15-,16-/m1/s1. The minimum Gasteiger partial charge on any atom is -0.485 e. The van der Waals surface area contributed by atoms with Gasteiger partial charge in [0.05, 0.1) is 31.1 Å². The van der Waals surface area contributed by atoms with Gasteiger partial charge in [0.1, 0.15) is 17.6 Å². The highest BCUT2D eigenvalue weighted by atomic mass is 16.5. The summed E-state index contributed by atoms with van der Waals surface area (Å²) < 4.78 is 11.5. The zero-order chi connectivity index (χ0) is 18.5. The average Bonchev–Trinajstić information content (AvgIpc) is 3.15. The first-order valence-electron chi connectivity index (χ1n) is 9.08. The summed E-state index contributed by atoms with van der Waals surface area (Å²) in [7, 11) is 1.94. The van der Waals surface area contributed by atoms with Crippen LogP contribution in [0.2, 0.25) is 0 Å². The Kier molecular flexibility index (Phi) is 5.83. The second-order valence-electron chi connectivity index (χ2n) is 6.75. The van der Waals surface area contributed by atoms with Crippen LogP contribution in [-0.4, -0.2) is 50.1 Å². The van der Waals surface area contributed by atoms with Gasteiger partial charge >= 0.3 is 0 Å². The van der Waals surface area contributed by atoms with Crippen molar-refractivity contribution in [3.8, 4) is 5.75 Å². The van der Waals surface area contributed by atoms with Gasteiger partial charge in [-0.1, -0.05) is 12.1 Å². The number of anilines is 1. The number of amides is 1. The number of likely N-dealkylation sites (N-methyl/N-ethyl adjacent to an activating group) is 2. The Morgan fingerprint density at radius 1 is 1.35 bits per heavy atom. The van der Waals surface area contributed by atoms with Gasteiger partial charge in [0.2, 0.25) is 5.91 Å². The smallest absolute Gasteiger partial charge is 0.234 e. The molecule has 0 radical (unpaired) electrons. The van der Waals surface area contributed by atoms with Crippen LogP contribution in [0.15, 0.2) is 47.1 Å². The summed E-state index contributed by atoms with van der Waals surface area (Å²) in [6, 6.07) is 11.6. The Labute approximate surface area is 154 Å². The van der Waals surface area contributed by atoms with E-state index >= 15 is 0 Å². The van der Waals surface area contributed by atoms with E-state index in [9.17, 15) is 4.79 Å². The van der Waals surface area contributed by atoms with Crippen molar-refractivity contribution >= 4 is 11.6 Å². The van der Waals surface area contributed by atoms with Crippen molar-refractivity contribution in [3.05, 3.63) is 48.4 Å². The largest absolute Gasteiger partial charge is 0.485 e. The van der Waals surface area contributed by atoms with Crippen LogP contribution in [-0.2, 0) is 4.79 Å². The molecular formula is C20H27N3O3. The number of hydrogen-bond donors (Lipinski definition) is 1. The molecule has 3 rings (SSSR count). The van der Waals surface area contributed by atoms with Crippen molar-refractivity contribution in [3.63, 3.8) is 0 Å². The van der Waals surface area contributed by atoms with Gasteiger partial charge in [-0.15, -0.1) is 0 Å². The Bertz CT molecular complexity index is 717. The second kappa shape index (κ2) is 8.27. The number of rotatable bonds is 7. The van der Waals surface area contributed by atoms with E-state index in [1.54, 1.807) is 6.26 Å². The number of fused-ring (bicyclic) bond motifs is 1. The summed E-state index contributed by atoms with van der Waals surface area (Å²) in [6.07, 6.45) is 1.65. The molecule has 0 unspecified atom stereocenters. The van der Waals surface area contributed by atoms with E-state index in [4.69, 9.17) is 9.15 Å². The van der Waals surface area contributed by atoms with Crippen molar-refractivity contribution in [2.45, 2.75) is 26.0 Å². The molecule has 0 saturated carbocycles. The Hall–Kier alpha value is -2.47. The third-order valence-corrected chi connectivity index (χ3v) is 4.58. The van der Waals surface area contributed by atoms with Gasteiger partial charge < -0.3 is 19.4 Å². The van der Waals surface area contributed by atoms with Gasteiger partial charge in [0, 0.05) is 13.1 Å². The maximum atomic E-state index is 12.3. The molecule has 2 aromatic rings. The maximum absolute atomic E-state index is 12.3. The number of benzene rings is 1. The van der Waals surface area contributed by atoms with Crippen LogP contribution in [0.4, 0.5) is 5.69 Å². The number of nitrogens with zero attached hydrogens (tertiary/aromatic N) is 2. The summed E-state index contributed by atoms with van der Waals surface area (Å²) in [6.45, 7) is 6.82. The SMILES string of the molecule is CCN1C[C@@H](CN(C)CC(=O)N[C@H](C)c2ccco2)Oc2ccccc21. The zero-order valence-electron chi connectivity index (χ0n) is 15.6. The Balaban J connectivity index is 1.52. The summed E-state index contributed by atoms with van der Waals surface area (Å²) >= 11 is 0. The van der Waals surface area contributed by atoms with E-state index in [0.29, 0.717) is 13.1 Å². The molecule has 0 bridgehead atoms. The molecule has 0 saturated heterocycles. The van der Waals surface area contributed by atoms with Crippen molar-refractivity contribution in [2.24, 2.45) is 0 Å². The molecule has 2 atom stereocenters. The van der Waals surface area contributed by atoms with Crippen molar-refractivity contribution in [1.82, 2.24) is 10.2 Å². The molecule has 0 spiro atoms. The average molecular weight is 357 g/mol. The zero-order valence-corrected chi connectivity index (χ0v) is 15.6. The number of hydrogen-bond acceptors (Lipinski definition) is 5. The van der Waals surface area contributed by atoms with Crippen LogP contribution < -0.4 is 15.0 Å². The third kappa shape index (κ3) is 4.38.